The first-order chi connectivity index (χ1) is 14.5. The third kappa shape index (κ3) is 6.05. The van der Waals surface area contributed by atoms with Crippen LogP contribution >= 0.6 is 0 Å². The molecule has 1 unspecified atom stereocenters. The van der Waals surface area contributed by atoms with Gasteiger partial charge in [-0.15, -0.1) is 0 Å². The second kappa shape index (κ2) is 10.4. The molecule has 4 N–H and O–H groups in total. The summed E-state index contributed by atoms with van der Waals surface area (Å²) in [6, 6.07) is 13.4. The van der Waals surface area contributed by atoms with Crippen LogP contribution in [0.5, 0.6) is 5.75 Å². The van der Waals surface area contributed by atoms with Gasteiger partial charge in [-0.2, -0.15) is 0 Å². The molecule has 1 heterocycles. The molecule has 8 heteroatoms. The molecule has 0 spiro atoms. The zero-order chi connectivity index (χ0) is 21.3. The molecule has 3 rings (SSSR count). The van der Waals surface area contributed by atoms with E-state index in [2.05, 4.69) is 10.6 Å². The van der Waals surface area contributed by atoms with Crippen molar-refractivity contribution in [1.82, 2.24) is 5.32 Å². The fourth-order valence-electron chi connectivity index (χ4n) is 3.05. The highest BCUT2D eigenvalue weighted by Gasteiger charge is 2.17. The van der Waals surface area contributed by atoms with E-state index in [1.54, 1.807) is 48.5 Å². The van der Waals surface area contributed by atoms with Crippen LogP contribution in [0, 0.1) is 0 Å². The minimum atomic E-state index is -0.500. The number of ether oxygens (including phenoxy) is 2. The molecule has 1 aliphatic heterocycles. The number of nitrogens with one attached hydrogen (secondary N) is 2. The average Bonchev–Trinajstić information content (AvgIpc) is 3.26. The lowest BCUT2D eigenvalue weighted by Crippen LogP contribution is -2.28. The number of primary amides is 1. The average molecular weight is 411 g/mol. The fourth-order valence-corrected chi connectivity index (χ4v) is 3.05. The van der Waals surface area contributed by atoms with E-state index in [4.69, 9.17) is 15.2 Å². The Morgan fingerprint density at radius 2 is 1.83 bits per heavy atom. The summed E-state index contributed by atoms with van der Waals surface area (Å²) < 4.78 is 11.2. The number of amides is 3. The minimum Gasteiger partial charge on any atom is -0.491 e. The molecule has 2 aromatic rings. The Morgan fingerprint density at radius 1 is 1.07 bits per heavy atom. The molecule has 30 heavy (non-hydrogen) atoms. The summed E-state index contributed by atoms with van der Waals surface area (Å²) in [6.07, 6.45) is 2.22. The molecule has 0 aromatic heterocycles. The predicted molar refractivity (Wildman–Crippen MR) is 111 cm³/mol. The Morgan fingerprint density at radius 3 is 2.53 bits per heavy atom. The van der Waals surface area contributed by atoms with Gasteiger partial charge < -0.3 is 25.8 Å². The summed E-state index contributed by atoms with van der Waals surface area (Å²) in [7, 11) is 0. The summed E-state index contributed by atoms with van der Waals surface area (Å²) >= 11 is 0. The molecule has 2 aromatic carbocycles. The van der Waals surface area contributed by atoms with Crippen LogP contribution in [-0.2, 0) is 9.53 Å². The summed E-state index contributed by atoms with van der Waals surface area (Å²) in [6.45, 7) is 1.39. The van der Waals surface area contributed by atoms with Crippen LogP contribution in [0.25, 0.3) is 0 Å². The lowest BCUT2D eigenvalue weighted by Gasteiger charge is -2.13. The molecule has 158 valence electrons. The molecule has 0 bridgehead atoms. The molecule has 8 nitrogen and oxygen atoms in total. The first-order valence-electron chi connectivity index (χ1n) is 9.84. The smallest absolute Gasteiger partial charge is 0.255 e. The van der Waals surface area contributed by atoms with Crippen LogP contribution in [0.3, 0.4) is 0 Å². The lowest BCUT2D eigenvalue weighted by atomic mass is 10.1. The molecule has 0 radical (unpaired) electrons. The number of carbonyl (C=O) groups excluding carboxylic acids is 3. The fraction of sp³-hybridized carbons (Fsp3) is 0.318. The van der Waals surface area contributed by atoms with Crippen molar-refractivity contribution < 1.29 is 23.9 Å². The summed E-state index contributed by atoms with van der Waals surface area (Å²) in [5.41, 5.74) is 6.18. The number of rotatable bonds is 9. The van der Waals surface area contributed by atoms with Gasteiger partial charge in [0, 0.05) is 25.1 Å². The van der Waals surface area contributed by atoms with E-state index in [9.17, 15) is 14.4 Å². The van der Waals surface area contributed by atoms with Crippen molar-refractivity contribution in [2.45, 2.75) is 25.4 Å². The van der Waals surface area contributed by atoms with Crippen molar-refractivity contribution in [1.29, 1.82) is 0 Å². The largest absolute Gasteiger partial charge is 0.491 e. The minimum absolute atomic E-state index is 0.0432. The quantitative estimate of drug-likeness (QED) is 0.584. The van der Waals surface area contributed by atoms with Crippen molar-refractivity contribution in [3.8, 4) is 5.75 Å². The Hall–Kier alpha value is -3.39. The van der Waals surface area contributed by atoms with Gasteiger partial charge in [0.25, 0.3) is 11.8 Å². The molecule has 1 saturated heterocycles. The van der Waals surface area contributed by atoms with E-state index in [1.165, 1.54) is 0 Å². The maximum Gasteiger partial charge on any atom is 0.255 e. The van der Waals surface area contributed by atoms with Gasteiger partial charge in [0.1, 0.15) is 12.4 Å². The second-order valence-electron chi connectivity index (χ2n) is 6.94. The Bertz CT molecular complexity index is 892. The number of para-hydroxylation sites is 1. The van der Waals surface area contributed by atoms with Crippen LogP contribution in [0.4, 0.5) is 5.69 Å². The zero-order valence-corrected chi connectivity index (χ0v) is 16.6. The Balaban J connectivity index is 1.58. The normalized spacial score (nSPS) is 15.4. The number of hydrogen-bond acceptors (Lipinski definition) is 5. The Kier molecular flexibility index (Phi) is 7.40. The van der Waals surface area contributed by atoms with E-state index in [1.807, 2.05) is 0 Å². The van der Waals surface area contributed by atoms with Gasteiger partial charge in [-0.25, -0.2) is 0 Å². The van der Waals surface area contributed by atoms with Gasteiger partial charge in [-0.3, -0.25) is 14.4 Å². The van der Waals surface area contributed by atoms with Crippen molar-refractivity contribution in [3.63, 3.8) is 0 Å². The lowest BCUT2D eigenvalue weighted by molar-refractivity contribution is -0.117. The zero-order valence-electron chi connectivity index (χ0n) is 16.6. The first kappa shape index (κ1) is 21.3. The number of benzene rings is 2. The molecule has 1 aliphatic rings. The van der Waals surface area contributed by atoms with E-state index in [0.717, 1.165) is 19.4 Å². The molecule has 3 amide bonds. The highest BCUT2D eigenvalue weighted by molar-refractivity contribution is 6.09. The maximum absolute atomic E-state index is 12.6. The summed E-state index contributed by atoms with van der Waals surface area (Å²) in [5.74, 6) is -0.584. The Labute approximate surface area is 174 Å². The number of nitrogens with two attached hydrogens (primary N) is 1. The number of carbonyl (C=O) groups is 3. The van der Waals surface area contributed by atoms with Gasteiger partial charge in [-0.05, 0) is 49.2 Å². The monoisotopic (exact) mass is 411 g/mol. The topological polar surface area (TPSA) is 120 Å². The van der Waals surface area contributed by atoms with Crippen LogP contribution in [0.2, 0.25) is 0 Å². The molecule has 1 fully saturated rings. The predicted octanol–water partition coefficient (Wildman–Crippen LogP) is 2.10. The molecular weight excluding hydrogens is 386 g/mol. The number of anilines is 1. The van der Waals surface area contributed by atoms with Gasteiger partial charge >= 0.3 is 0 Å². The molecular formula is C22H25N3O5. The van der Waals surface area contributed by atoms with Crippen LogP contribution in [0.1, 0.15) is 40.0 Å². The van der Waals surface area contributed by atoms with E-state index in [0.29, 0.717) is 29.2 Å². The van der Waals surface area contributed by atoms with Crippen molar-refractivity contribution >= 4 is 23.4 Å². The van der Waals surface area contributed by atoms with Crippen LogP contribution < -0.4 is 21.1 Å². The molecule has 0 aliphatic carbocycles. The van der Waals surface area contributed by atoms with Gasteiger partial charge in [0.2, 0.25) is 5.91 Å². The highest BCUT2D eigenvalue weighted by atomic mass is 16.5. The van der Waals surface area contributed by atoms with E-state index >= 15 is 0 Å². The van der Waals surface area contributed by atoms with Gasteiger partial charge in [0.05, 0.1) is 17.4 Å². The van der Waals surface area contributed by atoms with E-state index in [-0.39, 0.29) is 25.0 Å². The second-order valence-corrected chi connectivity index (χ2v) is 6.94. The van der Waals surface area contributed by atoms with Crippen molar-refractivity contribution in [2.24, 2.45) is 5.73 Å². The van der Waals surface area contributed by atoms with Crippen LogP contribution in [-0.4, -0.2) is 43.6 Å². The first-order valence-corrected chi connectivity index (χ1v) is 9.84. The SMILES string of the molecule is NC(=O)CCNC(=O)c1ccccc1NC(=O)c1ccc(OCC2CCCO2)cc1. The number of hydrogen-bond donors (Lipinski definition) is 3. The van der Waals surface area contributed by atoms with Crippen molar-refractivity contribution in [3.05, 3.63) is 59.7 Å². The summed E-state index contributed by atoms with van der Waals surface area (Å²) in [4.78, 5) is 35.8. The standard InChI is InChI=1S/C22H25N3O5/c23-20(26)11-12-24-22(28)18-5-1-2-6-19(18)25-21(27)15-7-9-16(10-8-15)30-14-17-4-3-13-29-17/h1-2,5-10,17H,3-4,11-14H2,(H2,23,26)(H,24,28)(H,25,27). The maximum atomic E-state index is 12.6. The van der Waals surface area contributed by atoms with Crippen LogP contribution in [0.15, 0.2) is 48.5 Å². The van der Waals surface area contributed by atoms with Gasteiger partial charge in [-0.1, -0.05) is 12.1 Å². The van der Waals surface area contributed by atoms with Gasteiger partial charge in [0.15, 0.2) is 0 Å². The third-order valence-corrected chi connectivity index (χ3v) is 4.65. The third-order valence-electron chi connectivity index (χ3n) is 4.65. The summed E-state index contributed by atoms with van der Waals surface area (Å²) in [5, 5.41) is 5.36. The molecule has 1 atom stereocenters. The van der Waals surface area contributed by atoms with E-state index < -0.39 is 11.8 Å². The van der Waals surface area contributed by atoms with Crippen molar-refractivity contribution in [2.75, 3.05) is 25.1 Å². The highest BCUT2D eigenvalue weighted by Crippen LogP contribution is 2.19. The molecule has 0 saturated carbocycles.